The van der Waals surface area contributed by atoms with Crippen molar-refractivity contribution < 1.29 is 21.9 Å². The van der Waals surface area contributed by atoms with Crippen molar-refractivity contribution in [1.29, 1.82) is 0 Å². The van der Waals surface area contributed by atoms with Crippen LogP contribution in [0.4, 0.5) is 8.78 Å². The van der Waals surface area contributed by atoms with Gasteiger partial charge in [-0.15, -0.1) is 0 Å². The van der Waals surface area contributed by atoms with E-state index >= 15 is 0 Å². The van der Waals surface area contributed by atoms with Crippen molar-refractivity contribution in [3.63, 3.8) is 0 Å². The van der Waals surface area contributed by atoms with E-state index in [-0.39, 0.29) is 18.9 Å². The van der Waals surface area contributed by atoms with Crippen molar-refractivity contribution in [2.45, 2.75) is 25.6 Å². The van der Waals surface area contributed by atoms with Gasteiger partial charge >= 0.3 is 0 Å². The number of halogens is 2. The molecule has 0 saturated carbocycles. The van der Waals surface area contributed by atoms with Crippen LogP contribution in [-0.2, 0) is 16.4 Å². The first-order valence-electron chi connectivity index (χ1n) is 5.80. The quantitative estimate of drug-likeness (QED) is 0.865. The van der Waals surface area contributed by atoms with Gasteiger partial charge in [0.25, 0.3) is 0 Å². The summed E-state index contributed by atoms with van der Waals surface area (Å²) in [6.07, 6.45) is 0. The molecule has 0 aliphatic heterocycles. The molecule has 0 aliphatic rings. The first-order chi connectivity index (χ1) is 8.77. The third-order valence-corrected chi connectivity index (χ3v) is 4.80. The number of benzene rings is 1. The number of sulfone groups is 1. The van der Waals surface area contributed by atoms with Gasteiger partial charge in [-0.1, -0.05) is 0 Å². The highest BCUT2D eigenvalue weighted by molar-refractivity contribution is 7.91. The molecular weight excluding hydrogens is 276 g/mol. The van der Waals surface area contributed by atoms with Crippen LogP contribution in [0.25, 0.3) is 0 Å². The van der Waals surface area contributed by atoms with E-state index in [1.807, 2.05) is 0 Å². The molecule has 1 rings (SSSR count). The van der Waals surface area contributed by atoms with Crippen molar-refractivity contribution in [3.8, 4) is 5.75 Å². The van der Waals surface area contributed by atoms with E-state index in [2.05, 4.69) is 0 Å². The second-order valence-electron chi connectivity index (χ2n) is 4.36. The molecule has 4 nitrogen and oxygen atoms in total. The van der Waals surface area contributed by atoms with Gasteiger partial charge in [0, 0.05) is 6.54 Å². The SMILES string of the molecule is CC(C)S(=O)(=O)CCOc1c(F)cc(CN)cc1F. The lowest BCUT2D eigenvalue weighted by Gasteiger charge is -2.11. The van der Waals surface area contributed by atoms with Crippen LogP contribution >= 0.6 is 0 Å². The second kappa shape index (κ2) is 6.29. The monoisotopic (exact) mass is 293 g/mol. The Morgan fingerprint density at radius 1 is 1.26 bits per heavy atom. The van der Waals surface area contributed by atoms with Crippen LogP contribution in [-0.4, -0.2) is 26.0 Å². The summed E-state index contributed by atoms with van der Waals surface area (Å²) in [5.41, 5.74) is 5.58. The lowest BCUT2D eigenvalue weighted by molar-refractivity contribution is 0.303. The van der Waals surface area contributed by atoms with E-state index in [9.17, 15) is 17.2 Å². The molecule has 108 valence electrons. The molecule has 0 spiro atoms. The highest BCUT2D eigenvalue weighted by atomic mass is 32.2. The minimum absolute atomic E-state index is 0.00977. The van der Waals surface area contributed by atoms with Crippen molar-refractivity contribution in [2.75, 3.05) is 12.4 Å². The van der Waals surface area contributed by atoms with Gasteiger partial charge in [-0.25, -0.2) is 17.2 Å². The maximum Gasteiger partial charge on any atom is 0.190 e. The van der Waals surface area contributed by atoms with Gasteiger partial charge in [-0.2, -0.15) is 0 Å². The summed E-state index contributed by atoms with van der Waals surface area (Å²) in [5.74, 6) is -2.64. The second-order valence-corrected chi connectivity index (χ2v) is 7.03. The van der Waals surface area contributed by atoms with Crippen LogP contribution in [0.15, 0.2) is 12.1 Å². The average Bonchev–Trinajstić information content (AvgIpc) is 2.32. The molecule has 0 bridgehead atoms. The van der Waals surface area contributed by atoms with E-state index in [1.165, 1.54) is 13.8 Å². The topological polar surface area (TPSA) is 69.4 Å². The van der Waals surface area contributed by atoms with Crippen LogP contribution in [0.3, 0.4) is 0 Å². The van der Waals surface area contributed by atoms with Crippen molar-refractivity contribution in [1.82, 2.24) is 0 Å². The van der Waals surface area contributed by atoms with Crippen molar-refractivity contribution in [3.05, 3.63) is 29.3 Å². The number of ether oxygens (including phenoxy) is 1. The minimum Gasteiger partial charge on any atom is -0.487 e. The summed E-state index contributed by atoms with van der Waals surface area (Å²) >= 11 is 0. The molecule has 0 amide bonds. The lowest BCUT2D eigenvalue weighted by Crippen LogP contribution is -2.22. The fourth-order valence-electron chi connectivity index (χ4n) is 1.36. The molecule has 0 aliphatic carbocycles. The van der Waals surface area contributed by atoms with Crippen LogP contribution in [0, 0.1) is 11.6 Å². The zero-order valence-electron chi connectivity index (χ0n) is 10.8. The number of rotatable bonds is 6. The molecule has 2 N–H and O–H groups in total. The Morgan fingerprint density at radius 2 is 1.79 bits per heavy atom. The van der Waals surface area contributed by atoms with E-state index in [0.29, 0.717) is 5.56 Å². The van der Waals surface area contributed by atoms with Crippen molar-refractivity contribution >= 4 is 9.84 Å². The Morgan fingerprint density at radius 3 is 2.21 bits per heavy atom. The van der Waals surface area contributed by atoms with E-state index in [1.54, 1.807) is 0 Å². The fraction of sp³-hybridized carbons (Fsp3) is 0.500. The zero-order valence-corrected chi connectivity index (χ0v) is 11.6. The molecule has 0 fully saturated rings. The molecular formula is C12H17F2NO3S. The smallest absolute Gasteiger partial charge is 0.190 e. The summed E-state index contributed by atoms with van der Waals surface area (Å²) in [6.45, 7) is 2.78. The molecule has 0 unspecified atom stereocenters. The van der Waals surface area contributed by atoms with Crippen LogP contribution in [0.1, 0.15) is 19.4 Å². The summed E-state index contributed by atoms with van der Waals surface area (Å²) < 4.78 is 54.9. The maximum atomic E-state index is 13.5. The molecule has 0 radical (unpaired) electrons. The van der Waals surface area contributed by atoms with Gasteiger partial charge in [0.1, 0.15) is 6.61 Å². The summed E-state index contributed by atoms with van der Waals surface area (Å²) in [4.78, 5) is 0. The predicted octanol–water partition coefficient (Wildman–Crippen LogP) is 1.63. The number of nitrogens with two attached hydrogens (primary N) is 1. The Labute approximate surface area is 111 Å². The zero-order chi connectivity index (χ0) is 14.6. The third kappa shape index (κ3) is 4.14. The molecule has 0 atom stereocenters. The molecule has 1 aromatic rings. The molecule has 0 aromatic heterocycles. The maximum absolute atomic E-state index is 13.5. The van der Waals surface area contributed by atoms with E-state index in [0.717, 1.165) is 12.1 Å². The lowest BCUT2D eigenvalue weighted by atomic mass is 10.2. The average molecular weight is 293 g/mol. The molecule has 7 heteroatoms. The Kier molecular flexibility index (Phi) is 5.25. The molecule has 1 aromatic carbocycles. The Balaban J connectivity index is 2.74. The van der Waals surface area contributed by atoms with E-state index in [4.69, 9.17) is 10.5 Å². The highest BCUT2D eigenvalue weighted by Gasteiger charge is 2.18. The first-order valence-corrected chi connectivity index (χ1v) is 7.52. The molecule has 0 saturated heterocycles. The van der Waals surface area contributed by atoms with Gasteiger partial charge in [0.2, 0.25) is 0 Å². The summed E-state index contributed by atoms with van der Waals surface area (Å²) in [5, 5.41) is -0.551. The summed E-state index contributed by atoms with van der Waals surface area (Å²) in [6, 6.07) is 2.13. The largest absolute Gasteiger partial charge is 0.487 e. The predicted molar refractivity (Wildman–Crippen MR) is 68.7 cm³/mol. The minimum atomic E-state index is -3.30. The highest BCUT2D eigenvalue weighted by Crippen LogP contribution is 2.23. The standard InChI is InChI=1S/C12H17F2NO3S/c1-8(2)19(16,17)4-3-18-12-10(13)5-9(7-15)6-11(12)14/h5-6,8H,3-4,7,15H2,1-2H3. The third-order valence-electron chi connectivity index (χ3n) is 2.63. The van der Waals surface area contributed by atoms with Gasteiger partial charge in [0.05, 0.1) is 11.0 Å². The van der Waals surface area contributed by atoms with Gasteiger partial charge in [-0.3, -0.25) is 0 Å². The molecule has 19 heavy (non-hydrogen) atoms. The first kappa shape index (κ1) is 15.8. The van der Waals surface area contributed by atoms with E-state index < -0.39 is 32.5 Å². The number of hydrogen-bond acceptors (Lipinski definition) is 4. The molecule has 0 heterocycles. The van der Waals surface area contributed by atoms with Crippen LogP contribution in [0.5, 0.6) is 5.75 Å². The normalized spacial score (nSPS) is 11.9. The number of hydrogen-bond donors (Lipinski definition) is 1. The van der Waals surface area contributed by atoms with Gasteiger partial charge < -0.3 is 10.5 Å². The Hall–Kier alpha value is -1.21. The fourth-order valence-corrected chi connectivity index (χ4v) is 2.15. The van der Waals surface area contributed by atoms with Gasteiger partial charge in [-0.05, 0) is 31.5 Å². The van der Waals surface area contributed by atoms with Gasteiger partial charge in [0.15, 0.2) is 27.2 Å². The van der Waals surface area contributed by atoms with Crippen molar-refractivity contribution in [2.24, 2.45) is 5.73 Å². The Bertz CT molecular complexity index is 521. The van der Waals surface area contributed by atoms with Crippen LogP contribution in [0.2, 0.25) is 0 Å². The van der Waals surface area contributed by atoms with Crippen LogP contribution < -0.4 is 10.5 Å². The summed E-state index contributed by atoms with van der Waals surface area (Å²) in [7, 11) is -3.30.